The van der Waals surface area contributed by atoms with E-state index in [1.54, 1.807) is 0 Å². The largest absolute Gasteiger partial charge is 0.481 e. The minimum atomic E-state index is -1.08. The van der Waals surface area contributed by atoms with E-state index in [4.69, 9.17) is 10.2 Å². The predicted molar refractivity (Wildman–Crippen MR) is 75.8 cm³/mol. The quantitative estimate of drug-likeness (QED) is 0.719. The average Bonchev–Trinajstić information content (AvgIpc) is 2.71. The third kappa shape index (κ3) is 4.61. The Labute approximate surface area is 117 Å². The van der Waals surface area contributed by atoms with E-state index in [1.165, 1.54) is 25.2 Å². The van der Waals surface area contributed by atoms with E-state index in [-0.39, 0.29) is 12.0 Å². The van der Waals surface area contributed by atoms with Crippen molar-refractivity contribution in [1.29, 1.82) is 0 Å². The molecule has 2 rings (SSSR count). The molecule has 3 N–H and O–H groups in total. The number of rotatable bonds is 2. The van der Waals surface area contributed by atoms with Crippen LogP contribution in [-0.4, -0.2) is 22.2 Å². The van der Waals surface area contributed by atoms with E-state index < -0.39 is 17.4 Å². The summed E-state index contributed by atoms with van der Waals surface area (Å²) in [7, 11) is 0. The lowest BCUT2D eigenvalue weighted by atomic mass is 9.80. The van der Waals surface area contributed by atoms with Gasteiger partial charge >= 0.3 is 11.9 Å². The van der Waals surface area contributed by atoms with Gasteiger partial charge in [-0.2, -0.15) is 0 Å². The first-order valence-corrected chi connectivity index (χ1v) is 6.05. The second-order valence-electron chi connectivity index (χ2n) is 4.53. The molecule has 1 aliphatic heterocycles. The Bertz CT molecular complexity index is 512. The van der Waals surface area contributed by atoms with Crippen LogP contribution >= 0.6 is 0 Å². The molecule has 20 heavy (non-hydrogen) atoms. The molecule has 1 aliphatic carbocycles. The number of nitrogens with one attached hydrogen (secondary N) is 1. The van der Waals surface area contributed by atoms with Gasteiger partial charge in [-0.1, -0.05) is 30.4 Å². The molecule has 5 heteroatoms. The molecule has 0 saturated carbocycles. The fourth-order valence-corrected chi connectivity index (χ4v) is 1.59. The second-order valence-corrected chi connectivity index (χ2v) is 4.53. The first-order chi connectivity index (χ1) is 9.46. The van der Waals surface area contributed by atoms with Crippen molar-refractivity contribution in [2.24, 2.45) is 5.41 Å². The van der Waals surface area contributed by atoms with E-state index in [0.717, 1.165) is 0 Å². The monoisotopic (exact) mass is 275 g/mol. The molecule has 0 aromatic carbocycles. The van der Waals surface area contributed by atoms with Gasteiger partial charge in [-0.15, -0.1) is 0 Å². The zero-order valence-electron chi connectivity index (χ0n) is 11.1. The van der Waals surface area contributed by atoms with Gasteiger partial charge in [0.2, 0.25) is 0 Å². The van der Waals surface area contributed by atoms with Crippen LogP contribution in [0.25, 0.3) is 0 Å². The highest BCUT2D eigenvalue weighted by Gasteiger charge is 2.34. The average molecular weight is 275 g/mol. The number of carboxylic acid groups (broad SMARTS) is 2. The molecule has 0 saturated heterocycles. The van der Waals surface area contributed by atoms with Crippen LogP contribution in [0.5, 0.6) is 0 Å². The summed E-state index contributed by atoms with van der Waals surface area (Å²) in [4.78, 5) is 21.3. The molecule has 2 aliphatic rings. The van der Waals surface area contributed by atoms with Crippen molar-refractivity contribution < 1.29 is 19.8 Å². The SMILES string of the molecule is C1=CC=CNC=C1.CC1(C(=O)O)C=CC=C(C(=O)O)C1. The maximum atomic E-state index is 10.8. The summed E-state index contributed by atoms with van der Waals surface area (Å²) in [6.45, 7) is 1.50. The molecule has 0 fully saturated rings. The number of carboxylic acids is 2. The van der Waals surface area contributed by atoms with Gasteiger partial charge in [0.25, 0.3) is 0 Å². The zero-order chi connectivity index (χ0) is 15.0. The molecule has 0 aromatic rings. The number of hydrogen-bond acceptors (Lipinski definition) is 3. The maximum absolute atomic E-state index is 10.8. The van der Waals surface area contributed by atoms with Crippen molar-refractivity contribution in [2.45, 2.75) is 13.3 Å². The van der Waals surface area contributed by atoms with E-state index in [2.05, 4.69) is 5.32 Å². The summed E-state index contributed by atoms with van der Waals surface area (Å²) in [5.41, 5.74) is -0.949. The number of hydrogen-bond donors (Lipinski definition) is 3. The highest BCUT2D eigenvalue weighted by Crippen LogP contribution is 2.31. The lowest BCUT2D eigenvalue weighted by molar-refractivity contribution is -0.145. The van der Waals surface area contributed by atoms with Crippen LogP contribution in [0.2, 0.25) is 0 Å². The Morgan fingerprint density at radius 1 is 1.10 bits per heavy atom. The summed E-state index contributed by atoms with van der Waals surface area (Å²) >= 11 is 0. The van der Waals surface area contributed by atoms with Crippen LogP contribution in [0.4, 0.5) is 0 Å². The van der Waals surface area contributed by atoms with Gasteiger partial charge in [0, 0.05) is 18.0 Å². The number of allylic oxidation sites excluding steroid dienone is 6. The van der Waals surface area contributed by atoms with Gasteiger partial charge in [0.05, 0.1) is 5.41 Å². The van der Waals surface area contributed by atoms with Crippen LogP contribution in [0.1, 0.15) is 13.3 Å². The molecular formula is C15H17NO4. The first-order valence-electron chi connectivity index (χ1n) is 6.05. The van der Waals surface area contributed by atoms with Gasteiger partial charge in [-0.05, 0) is 25.5 Å². The molecule has 0 amide bonds. The van der Waals surface area contributed by atoms with Gasteiger partial charge in [0.15, 0.2) is 0 Å². The Morgan fingerprint density at radius 3 is 2.20 bits per heavy atom. The van der Waals surface area contributed by atoms with Gasteiger partial charge < -0.3 is 15.5 Å². The van der Waals surface area contributed by atoms with Crippen LogP contribution in [0.15, 0.2) is 60.5 Å². The molecule has 0 bridgehead atoms. The summed E-state index contributed by atoms with van der Waals surface area (Å²) in [6, 6.07) is 0. The normalized spacial score (nSPS) is 22.9. The Morgan fingerprint density at radius 2 is 1.70 bits per heavy atom. The highest BCUT2D eigenvalue weighted by atomic mass is 16.4. The summed E-state index contributed by atoms with van der Waals surface area (Å²) in [5, 5.41) is 20.4. The zero-order valence-corrected chi connectivity index (χ0v) is 11.1. The minimum Gasteiger partial charge on any atom is -0.481 e. The van der Waals surface area contributed by atoms with E-state index in [9.17, 15) is 9.59 Å². The first kappa shape index (κ1) is 15.5. The van der Waals surface area contributed by atoms with Gasteiger partial charge in [-0.25, -0.2) is 4.79 Å². The third-order valence-corrected chi connectivity index (χ3v) is 2.80. The molecule has 1 heterocycles. The number of carbonyl (C=O) groups is 2. The van der Waals surface area contributed by atoms with Crippen molar-refractivity contribution in [2.75, 3.05) is 0 Å². The van der Waals surface area contributed by atoms with Gasteiger partial charge in [-0.3, -0.25) is 4.79 Å². The van der Waals surface area contributed by atoms with Crippen LogP contribution < -0.4 is 5.32 Å². The van der Waals surface area contributed by atoms with E-state index in [1.807, 2.05) is 36.7 Å². The Hall–Kier alpha value is -2.56. The van der Waals surface area contributed by atoms with E-state index in [0.29, 0.717) is 0 Å². The molecule has 5 nitrogen and oxygen atoms in total. The maximum Gasteiger partial charge on any atom is 0.331 e. The topological polar surface area (TPSA) is 86.6 Å². The predicted octanol–water partition coefficient (Wildman–Crippen LogP) is 2.22. The van der Waals surface area contributed by atoms with Crippen molar-refractivity contribution in [3.63, 3.8) is 0 Å². The van der Waals surface area contributed by atoms with Crippen LogP contribution in [-0.2, 0) is 9.59 Å². The van der Waals surface area contributed by atoms with Crippen LogP contribution in [0, 0.1) is 5.41 Å². The van der Waals surface area contributed by atoms with Crippen molar-refractivity contribution in [3.05, 3.63) is 60.5 Å². The smallest absolute Gasteiger partial charge is 0.331 e. The summed E-state index contributed by atoms with van der Waals surface area (Å²) in [6.07, 6.45) is 16.0. The Balaban J connectivity index is 0.000000240. The molecule has 0 aromatic heterocycles. The lowest BCUT2D eigenvalue weighted by Crippen LogP contribution is -2.28. The third-order valence-electron chi connectivity index (χ3n) is 2.80. The van der Waals surface area contributed by atoms with Crippen molar-refractivity contribution >= 4 is 11.9 Å². The standard InChI is InChI=1S/C9H10O4.C6H7N/c1-9(8(12)13)4-2-3-6(5-9)7(10)11;1-2-4-6-7-5-3-1/h2-4H,5H2,1H3,(H,10,11)(H,12,13);1-7H. The minimum absolute atomic E-state index is 0.0359. The summed E-state index contributed by atoms with van der Waals surface area (Å²) < 4.78 is 0. The van der Waals surface area contributed by atoms with Gasteiger partial charge in [0.1, 0.15) is 0 Å². The fourth-order valence-electron chi connectivity index (χ4n) is 1.59. The number of aliphatic carboxylic acids is 2. The van der Waals surface area contributed by atoms with Crippen molar-refractivity contribution in [3.8, 4) is 0 Å². The van der Waals surface area contributed by atoms with E-state index >= 15 is 0 Å². The highest BCUT2D eigenvalue weighted by molar-refractivity contribution is 5.90. The molecule has 0 spiro atoms. The molecule has 0 radical (unpaired) electrons. The Kier molecular flexibility index (Phi) is 5.53. The fraction of sp³-hybridized carbons (Fsp3) is 0.200. The lowest BCUT2D eigenvalue weighted by Gasteiger charge is -2.23. The second kappa shape index (κ2) is 7.13. The molecular weight excluding hydrogens is 258 g/mol. The van der Waals surface area contributed by atoms with Crippen molar-refractivity contribution in [1.82, 2.24) is 5.32 Å². The molecule has 1 unspecified atom stereocenters. The summed E-state index contributed by atoms with van der Waals surface area (Å²) in [5.74, 6) is -2.06. The molecule has 106 valence electrons. The molecule has 1 atom stereocenters. The van der Waals surface area contributed by atoms with Crippen LogP contribution in [0.3, 0.4) is 0 Å².